The van der Waals surface area contributed by atoms with Crippen LogP contribution in [0.5, 0.6) is 11.5 Å². The molecule has 1 unspecified atom stereocenters. The molecule has 0 heterocycles. The number of Topliss-reactive ketones (excluding diaryl/α,β-unsaturated/α-hetero) is 1. The largest absolute Gasteiger partial charge is 0.419 e. The Morgan fingerprint density at radius 3 is 1.40 bits per heavy atom. The summed E-state index contributed by atoms with van der Waals surface area (Å²) in [5.41, 5.74) is 8.64. The molecule has 0 bridgehead atoms. The van der Waals surface area contributed by atoms with Crippen LogP contribution in [0, 0.1) is 5.41 Å². The van der Waals surface area contributed by atoms with Crippen molar-refractivity contribution in [3.05, 3.63) is 83.4 Å². The topological polar surface area (TPSA) is 102 Å². The smallest absolute Gasteiger partial charge is 0.343 e. The highest BCUT2D eigenvalue weighted by Crippen LogP contribution is 2.32. The summed E-state index contributed by atoms with van der Waals surface area (Å²) in [5, 5.41) is 0. The van der Waals surface area contributed by atoms with Crippen molar-refractivity contribution >= 4 is 29.1 Å². The van der Waals surface area contributed by atoms with Crippen molar-refractivity contribution in [3.63, 3.8) is 0 Å². The van der Waals surface area contributed by atoms with E-state index in [-0.39, 0.29) is 22.8 Å². The quantitative estimate of drug-likeness (QED) is 0.151. The second kappa shape index (κ2) is 14.1. The van der Waals surface area contributed by atoms with Crippen LogP contribution in [0.15, 0.2) is 66.7 Å². The maximum absolute atomic E-state index is 13.2. The molecule has 0 saturated heterocycles. The lowest BCUT2D eigenvalue weighted by atomic mass is 9.83. The highest BCUT2D eigenvalue weighted by atomic mass is 16.6. The van der Waals surface area contributed by atoms with E-state index in [1.807, 2.05) is 45.0 Å². The van der Waals surface area contributed by atoms with Crippen LogP contribution in [0.4, 0.5) is 11.4 Å². The molecule has 0 spiro atoms. The Kier molecular flexibility index (Phi) is 10.9. The van der Waals surface area contributed by atoms with Gasteiger partial charge in [-0.05, 0) is 99.8 Å². The van der Waals surface area contributed by atoms with Crippen LogP contribution in [0.25, 0.3) is 0 Å². The molecule has 8 heteroatoms. The Bertz CT molecular complexity index is 1370. The van der Waals surface area contributed by atoms with Crippen molar-refractivity contribution in [2.75, 3.05) is 36.0 Å². The fourth-order valence-corrected chi connectivity index (χ4v) is 4.51. The number of hydrogen-bond donors (Lipinski definition) is 1. The number of esters is 2. The molecule has 224 valence electrons. The van der Waals surface area contributed by atoms with E-state index in [2.05, 4.69) is 37.5 Å². The van der Waals surface area contributed by atoms with E-state index in [0.717, 1.165) is 37.6 Å². The van der Waals surface area contributed by atoms with Crippen molar-refractivity contribution in [3.8, 4) is 11.5 Å². The van der Waals surface area contributed by atoms with Crippen LogP contribution < -0.4 is 25.0 Å². The summed E-state index contributed by atoms with van der Waals surface area (Å²) < 4.78 is 11.4. The molecule has 0 aromatic heterocycles. The molecule has 3 rings (SSSR count). The van der Waals surface area contributed by atoms with Gasteiger partial charge in [-0.25, -0.2) is 9.59 Å². The molecule has 0 aliphatic carbocycles. The summed E-state index contributed by atoms with van der Waals surface area (Å²) in [5.74, 6) is -1.61. The number of rotatable bonds is 12. The molecule has 0 aliphatic heterocycles. The van der Waals surface area contributed by atoms with Gasteiger partial charge in [-0.15, -0.1) is 0 Å². The first-order chi connectivity index (χ1) is 19.9. The van der Waals surface area contributed by atoms with Gasteiger partial charge in [0.15, 0.2) is 17.3 Å². The number of anilines is 2. The Labute approximate surface area is 249 Å². The summed E-state index contributed by atoms with van der Waals surface area (Å²) in [6.45, 7) is 17.2. The average Bonchev–Trinajstić information content (AvgIpc) is 2.98. The van der Waals surface area contributed by atoms with Crippen molar-refractivity contribution < 1.29 is 23.9 Å². The molecule has 1 atom stereocenters. The summed E-state index contributed by atoms with van der Waals surface area (Å²) in [6.07, 6.45) is 0. The molecule has 0 saturated carbocycles. The van der Waals surface area contributed by atoms with E-state index in [4.69, 9.17) is 15.2 Å². The van der Waals surface area contributed by atoms with Crippen molar-refractivity contribution in [1.82, 2.24) is 0 Å². The molecule has 0 radical (unpaired) electrons. The fraction of sp³-hybridized carbons (Fsp3) is 0.382. The van der Waals surface area contributed by atoms with Gasteiger partial charge in [0.05, 0.1) is 17.2 Å². The van der Waals surface area contributed by atoms with Crippen LogP contribution in [-0.2, 0) is 0 Å². The second-order valence-electron chi connectivity index (χ2n) is 11.1. The SMILES string of the molecule is CCN(CC)c1ccc(C(=O)Oc2ccc(C(=O)C(N)C(C)(C)C)cc2OC(=O)c2ccc(N(CC)CC)cc2)cc1. The number of carbonyl (C=O) groups is 3. The first-order valence-corrected chi connectivity index (χ1v) is 14.5. The molecule has 2 N–H and O–H groups in total. The monoisotopic (exact) mass is 573 g/mol. The maximum atomic E-state index is 13.2. The molecule has 0 amide bonds. The highest BCUT2D eigenvalue weighted by Gasteiger charge is 2.29. The summed E-state index contributed by atoms with van der Waals surface area (Å²) in [4.78, 5) is 43.8. The van der Waals surface area contributed by atoms with Crippen LogP contribution >= 0.6 is 0 Å². The average molecular weight is 574 g/mol. The minimum Gasteiger partial charge on any atom is -0.419 e. The third-order valence-electron chi connectivity index (χ3n) is 7.31. The number of benzene rings is 3. The zero-order chi connectivity index (χ0) is 31.0. The lowest BCUT2D eigenvalue weighted by molar-refractivity contribution is 0.0682. The molecule has 0 fully saturated rings. The fourth-order valence-electron chi connectivity index (χ4n) is 4.51. The normalized spacial score (nSPS) is 11.9. The molecule has 0 aliphatic rings. The summed E-state index contributed by atoms with van der Waals surface area (Å²) in [6, 6.07) is 17.8. The van der Waals surface area contributed by atoms with Gasteiger partial charge in [0.25, 0.3) is 0 Å². The van der Waals surface area contributed by atoms with Gasteiger partial charge < -0.3 is 25.0 Å². The Balaban J connectivity index is 1.92. The number of ketones is 1. The van der Waals surface area contributed by atoms with E-state index in [1.165, 1.54) is 18.2 Å². The predicted octanol–water partition coefficient (Wildman–Crippen LogP) is 6.37. The number of carbonyl (C=O) groups excluding carboxylic acids is 3. The molecule has 3 aromatic rings. The summed E-state index contributed by atoms with van der Waals surface area (Å²) in [7, 11) is 0. The molecular formula is C34H43N3O5. The van der Waals surface area contributed by atoms with Gasteiger partial charge in [-0.2, -0.15) is 0 Å². The van der Waals surface area contributed by atoms with Crippen LogP contribution in [0.1, 0.15) is 79.5 Å². The molecule has 8 nitrogen and oxygen atoms in total. The third-order valence-corrected chi connectivity index (χ3v) is 7.31. The molecular weight excluding hydrogens is 530 g/mol. The van der Waals surface area contributed by atoms with E-state index in [0.29, 0.717) is 11.1 Å². The standard InChI is InChI=1S/C34H43N3O5/c1-8-36(9-2)26-17-12-23(13-18-26)32(39)41-28-21-16-25(30(38)31(35)34(5,6)7)22-29(28)42-33(40)24-14-19-27(20-15-24)37(10-3)11-4/h12-22,31H,8-11,35H2,1-7H3. The zero-order valence-electron chi connectivity index (χ0n) is 25.8. The Morgan fingerprint density at radius 2 is 1.02 bits per heavy atom. The number of hydrogen-bond acceptors (Lipinski definition) is 8. The van der Waals surface area contributed by atoms with E-state index >= 15 is 0 Å². The first kappa shape index (κ1) is 32.3. The minimum absolute atomic E-state index is 0.0156. The van der Waals surface area contributed by atoms with Crippen LogP contribution in [0.3, 0.4) is 0 Å². The van der Waals surface area contributed by atoms with E-state index < -0.39 is 23.4 Å². The number of ether oxygens (including phenoxy) is 2. The van der Waals surface area contributed by atoms with Crippen LogP contribution in [0.2, 0.25) is 0 Å². The van der Waals surface area contributed by atoms with Gasteiger partial charge in [0.2, 0.25) is 0 Å². The lowest BCUT2D eigenvalue weighted by Crippen LogP contribution is -2.42. The van der Waals surface area contributed by atoms with E-state index in [1.54, 1.807) is 24.3 Å². The van der Waals surface area contributed by atoms with Crippen molar-refractivity contribution in [2.24, 2.45) is 11.1 Å². The number of nitrogens with two attached hydrogens (primary N) is 1. The Morgan fingerprint density at radius 1 is 0.643 bits per heavy atom. The third kappa shape index (κ3) is 7.76. The van der Waals surface area contributed by atoms with Gasteiger partial charge in [-0.3, -0.25) is 4.79 Å². The van der Waals surface area contributed by atoms with Crippen molar-refractivity contribution in [2.45, 2.75) is 54.5 Å². The lowest BCUT2D eigenvalue weighted by Gasteiger charge is -2.26. The highest BCUT2D eigenvalue weighted by molar-refractivity contribution is 6.01. The van der Waals surface area contributed by atoms with Gasteiger partial charge in [-0.1, -0.05) is 20.8 Å². The van der Waals surface area contributed by atoms with Gasteiger partial charge in [0, 0.05) is 43.1 Å². The second-order valence-corrected chi connectivity index (χ2v) is 11.1. The minimum atomic E-state index is -0.786. The zero-order valence-corrected chi connectivity index (χ0v) is 25.8. The molecule has 3 aromatic carbocycles. The van der Waals surface area contributed by atoms with E-state index in [9.17, 15) is 14.4 Å². The van der Waals surface area contributed by atoms with Gasteiger partial charge >= 0.3 is 11.9 Å². The summed E-state index contributed by atoms with van der Waals surface area (Å²) >= 11 is 0. The Hall–Kier alpha value is -4.17. The maximum Gasteiger partial charge on any atom is 0.343 e. The van der Waals surface area contributed by atoms with Crippen molar-refractivity contribution in [1.29, 1.82) is 0 Å². The first-order valence-electron chi connectivity index (χ1n) is 14.5. The van der Waals surface area contributed by atoms with Gasteiger partial charge in [0.1, 0.15) is 0 Å². The number of nitrogens with zero attached hydrogens (tertiary/aromatic N) is 2. The van der Waals surface area contributed by atoms with Crippen LogP contribution in [-0.4, -0.2) is 49.9 Å². The predicted molar refractivity (Wildman–Crippen MR) is 168 cm³/mol. The molecule has 42 heavy (non-hydrogen) atoms.